The average Bonchev–Trinajstić information content (AvgIpc) is 2.72. The molecule has 0 spiro atoms. The predicted octanol–water partition coefficient (Wildman–Crippen LogP) is 3.07. The molecule has 18 heavy (non-hydrogen) atoms. The first-order valence-corrected chi connectivity index (χ1v) is 6.36. The van der Waals surface area contributed by atoms with E-state index in [1.165, 1.54) is 6.07 Å². The minimum Gasteiger partial charge on any atom is -0.328 e. The Morgan fingerprint density at radius 1 is 1.56 bits per heavy atom. The molecular weight excluding hydrogens is 274 g/mol. The van der Waals surface area contributed by atoms with Gasteiger partial charge in [0.1, 0.15) is 5.82 Å². The Bertz CT molecular complexity index is 378. The number of nitrogens with two attached hydrogens (primary N) is 1. The van der Waals surface area contributed by atoms with Crippen LogP contribution in [0.2, 0.25) is 5.02 Å². The first-order valence-electron chi connectivity index (χ1n) is 5.98. The van der Waals surface area contributed by atoms with Gasteiger partial charge in [-0.2, -0.15) is 0 Å². The number of benzene rings is 1. The number of hydrogen-bond donors (Lipinski definition) is 1. The van der Waals surface area contributed by atoms with Gasteiger partial charge in [-0.15, -0.1) is 12.4 Å². The molecule has 2 unspecified atom stereocenters. The predicted molar refractivity (Wildman–Crippen MR) is 75.7 cm³/mol. The molecule has 0 bridgehead atoms. The summed E-state index contributed by atoms with van der Waals surface area (Å²) in [4.78, 5) is 2.22. The van der Waals surface area contributed by atoms with Crippen molar-refractivity contribution in [3.63, 3.8) is 0 Å². The summed E-state index contributed by atoms with van der Waals surface area (Å²) >= 11 is 6.02. The largest absolute Gasteiger partial charge is 0.328 e. The first-order chi connectivity index (χ1) is 8.08. The quantitative estimate of drug-likeness (QED) is 0.928. The van der Waals surface area contributed by atoms with Crippen LogP contribution in [0, 0.1) is 11.7 Å². The van der Waals surface area contributed by atoms with Crippen LogP contribution in [-0.4, -0.2) is 24.0 Å². The fourth-order valence-corrected chi connectivity index (χ4v) is 2.57. The Balaban J connectivity index is 0.00000162. The van der Waals surface area contributed by atoms with Gasteiger partial charge in [-0.05, 0) is 37.9 Å². The van der Waals surface area contributed by atoms with Gasteiger partial charge < -0.3 is 5.73 Å². The van der Waals surface area contributed by atoms with E-state index in [4.69, 9.17) is 17.3 Å². The lowest BCUT2D eigenvalue weighted by Gasteiger charge is -2.18. The van der Waals surface area contributed by atoms with Crippen molar-refractivity contribution in [1.29, 1.82) is 0 Å². The molecule has 2 rings (SSSR count). The van der Waals surface area contributed by atoms with Crippen molar-refractivity contribution in [3.05, 3.63) is 34.6 Å². The first kappa shape index (κ1) is 15.7. The van der Waals surface area contributed by atoms with Crippen LogP contribution in [0.3, 0.4) is 0 Å². The molecule has 2 nitrogen and oxygen atoms in total. The van der Waals surface area contributed by atoms with Gasteiger partial charge in [0, 0.05) is 29.7 Å². The van der Waals surface area contributed by atoms with E-state index >= 15 is 0 Å². The lowest BCUT2D eigenvalue weighted by molar-refractivity contribution is 0.304. The van der Waals surface area contributed by atoms with Gasteiger partial charge in [0.15, 0.2) is 0 Å². The SMILES string of the molecule is CC(N)C1CCN(Cc2c(F)cccc2Cl)C1.Cl. The van der Waals surface area contributed by atoms with Crippen molar-refractivity contribution in [2.24, 2.45) is 11.7 Å². The Morgan fingerprint density at radius 2 is 2.28 bits per heavy atom. The highest BCUT2D eigenvalue weighted by molar-refractivity contribution is 6.31. The number of rotatable bonds is 3. The maximum absolute atomic E-state index is 13.6. The molecule has 0 radical (unpaired) electrons. The van der Waals surface area contributed by atoms with Gasteiger partial charge in [-0.1, -0.05) is 17.7 Å². The van der Waals surface area contributed by atoms with Crippen LogP contribution in [0.15, 0.2) is 18.2 Å². The molecule has 0 aliphatic carbocycles. The van der Waals surface area contributed by atoms with Gasteiger partial charge in [0.25, 0.3) is 0 Å². The number of hydrogen-bond acceptors (Lipinski definition) is 2. The van der Waals surface area contributed by atoms with Crippen molar-refractivity contribution >= 4 is 24.0 Å². The van der Waals surface area contributed by atoms with E-state index in [2.05, 4.69) is 4.90 Å². The molecule has 1 aliphatic heterocycles. The van der Waals surface area contributed by atoms with Crippen molar-refractivity contribution in [2.75, 3.05) is 13.1 Å². The minimum atomic E-state index is -0.221. The zero-order valence-electron chi connectivity index (χ0n) is 10.4. The average molecular weight is 293 g/mol. The third-order valence-electron chi connectivity index (χ3n) is 3.50. The Morgan fingerprint density at radius 3 is 2.83 bits per heavy atom. The molecule has 1 aromatic carbocycles. The maximum Gasteiger partial charge on any atom is 0.129 e. The molecule has 2 N–H and O–H groups in total. The zero-order chi connectivity index (χ0) is 12.4. The summed E-state index contributed by atoms with van der Waals surface area (Å²) in [5.41, 5.74) is 6.48. The second-order valence-electron chi connectivity index (χ2n) is 4.84. The minimum absolute atomic E-state index is 0. The summed E-state index contributed by atoms with van der Waals surface area (Å²) in [5, 5.41) is 0.509. The van der Waals surface area contributed by atoms with E-state index in [9.17, 15) is 4.39 Å². The molecular formula is C13H19Cl2FN2. The normalized spacial score (nSPS) is 21.7. The summed E-state index contributed by atoms with van der Waals surface area (Å²) in [7, 11) is 0. The summed E-state index contributed by atoms with van der Waals surface area (Å²) < 4.78 is 13.6. The van der Waals surface area contributed by atoms with Crippen molar-refractivity contribution in [3.8, 4) is 0 Å². The summed E-state index contributed by atoms with van der Waals surface area (Å²) in [6.07, 6.45) is 1.09. The van der Waals surface area contributed by atoms with Gasteiger partial charge in [0.05, 0.1) is 0 Å². The van der Waals surface area contributed by atoms with E-state index in [-0.39, 0.29) is 24.3 Å². The lowest BCUT2D eigenvalue weighted by Crippen LogP contribution is -2.29. The van der Waals surface area contributed by atoms with Crippen LogP contribution in [0.25, 0.3) is 0 Å². The van der Waals surface area contributed by atoms with Gasteiger partial charge in [0.2, 0.25) is 0 Å². The second kappa shape index (κ2) is 6.71. The van der Waals surface area contributed by atoms with Crippen molar-refractivity contribution in [2.45, 2.75) is 25.9 Å². The molecule has 2 atom stereocenters. The lowest BCUT2D eigenvalue weighted by atomic mass is 10.0. The number of halogens is 3. The molecule has 0 amide bonds. The van der Waals surface area contributed by atoms with Crippen LogP contribution in [0.5, 0.6) is 0 Å². The van der Waals surface area contributed by atoms with Crippen LogP contribution >= 0.6 is 24.0 Å². The van der Waals surface area contributed by atoms with E-state index in [0.717, 1.165) is 19.5 Å². The molecule has 0 saturated carbocycles. The van der Waals surface area contributed by atoms with Crippen LogP contribution in [0.4, 0.5) is 4.39 Å². The van der Waals surface area contributed by atoms with Crippen LogP contribution < -0.4 is 5.73 Å². The Hall–Kier alpha value is -0.350. The Labute approximate surface area is 119 Å². The van der Waals surface area contributed by atoms with E-state index in [0.29, 0.717) is 23.0 Å². The van der Waals surface area contributed by atoms with Crippen molar-refractivity contribution in [1.82, 2.24) is 4.90 Å². The number of likely N-dealkylation sites (tertiary alicyclic amines) is 1. The summed E-state index contributed by atoms with van der Waals surface area (Å²) in [5.74, 6) is 0.294. The molecule has 1 aromatic rings. The maximum atomic E-state index is 13.6. The smallest absolute Gasteiger partial charge is 0.129 e. The van der Waals surface area contributed by atoms with E-state index < -0.39 is 0 Å². The number of nitrogens with zero attached hydrogens (tertiary/aromatic N) is 1. The third kappa shape index (κ3) is 3.58. The van der Waals surface area contributed by atoms with E-state index in [1.54, 1.807) is 12.1 Å². The second-order valence-corrected chi connectivity index (χ2v) is 5.25. The molecule has 5 heteroatoms. The molecule has 102 valence electrons. The highest BCUT2D eigenvalue weighted by Gasteiger charge is 2.26. The standard InChI is InChI=1S/C13H18ClFN2.ClH/c1-9(16)10-5-6-17(7-10)8-11-12(14)3-2-4-13(11)15;/h2-4,9-10H,5-8,16H2,1H3;1H. The monoisotopic (exact) mass is 292 g/mol. The topological polar surface area (TPSA) is 29.3 Å². The summed E-state index contributed by atoms with van der Waals surface area (Å²) in [6.45, 7) is 4.51. The fraction of sp³-hybridized carbons (Fsp3) is 0.538. The highest BCUT2D eigenvalue weighted by Crippen LogP contribution is 2.25. The van der Waals surface area contributed by atoms with Crippen LogP contribution in [0.1, 0.15) is 18.9 Å². The summed E-state index contributed by atoms with van der Waals surface area (Å²) in [6, 6.07) is 5.03. The highest BCUT2D eigenvalue weighted by atomic mass is 35.5. The zero-order valence-corrected chi connectivity index (χ0v) is 12.0. The van der Waals surface area contributed by atoms with Gasteiger partial charge >= 0.3 is 0 Å². The van der Waals surface area contributed by atoms with E-state index in [1.807, 2.05) is 6.92 Å². The van der Waals surface area contributed by atoms with Crippen LogP contribution in [-0.2, 0) is 6.54 Å². The molecule has 1 fully saturated rings. The third-order valence-corrected chi connectivity index (χ3v) is 3.85. The van der Waals surface area contributed by atoms with Crippen molar-refractivity contribution < 1.29 is 4.39 Å². The fourth-order valence-electron chi connectivity index (χ4n) is 2.34. The molecule has 1 heterocycles. The molecule has 1 saturated heterocycles. The molecule has 0 aromatic heterocycles. The van der Waals surface area contributed by atoms with Gasteiger partial charge in [-0.25, -0.2) is 4.39 Å². The Kier molecular flexibility index (Phi) is 5.86. The van der Waals surface area contributed by atoms with Gasteiger partial charge in [-0.3, -0.25) is 4.90 Å². The molecule has 1 aliphatic rings.